The number of halogens is 3. The molecule has 192 valence electrons. The fourth-order valence-electron chi connectivity index (χ4n) is 4.14. The quantitative estimate of drug-likeness (QED) is 0.240. The van der Waals surface area contributed by atoms with E-state index in [-0.39, 0.29) is 4.91 Å². The second-order valence-electron chi connectivity index (χ2n) is 8.75. The van der Waals surface area contributed by atoms with E-state index >= 15 is 0 Å². The third kappa shape index (κ3) is 4.95. The number of aromatic nitrogens is 1. The van der Waals surface area contributed by atoms with E-state index in [2.05, 4.69) is 9.88 Å². The van der Waals surface area contributed by atoms with E-state index in [9.17, 15) is 27.6 Å². The van der Waals surface area contributed by atoms with Gasteiger partial charge >= 0.3 is 0 Å². The first-order valence-corrected chi connectivity index (χ1v) is 12.3. The van der Waals surface area contributed by atoms with E-state index < -0.39 is 46.7 Å². The molecule has 1 aliphatic heterocycles. The zero-order valence-electron chi connectivity index (χ0n) is 20.0. The number of rotatable bonds is 6. The van der Waals surface area contributed by atoms with Crippen molar-refractivity contribution in [2.24, 2.45) is 0 Å². The zero-order chi connectivity index (χ0) is 27.0. The lowest BCUT2D eigenvalue weighted by molar-refractivity contribution is -0.127. The molecule has 1 fully saturated rings. The van der Waals surface area contributed by atoms with Gasteiger partial charge in [-0.1, -0.05) is 48.0 Å². The molecular formula is C28H20F3N3O3S. The van der Waals surface area contributed by atoms with Crippen molar-refractivity contribution in [1.82, 2.24) is 9.47 Å². The lowest BCUT2D eigenvalue weighted by atomic mass is 10.1. The number of carbonyl (C=O) groups excluding carboxylic acids is 3. The average molecular weight is 536 g/mol. The number of carbonyl (C=O) groups is 3. The highest BCUT2D eigenvalue weighted by atomic mass is 32.2. The molecule has 5 rings (SSSR count). The van der Waals surface area contributed by atoms with Crippen molar-refractivity contribution in [2.75, 3.05) is 11.9 Å². The van der Waals surface area contributed by atoms with Gasteiger partial charge in [-0.15, -0.1) is 0 Å². The van der Waals surface area contributed by atoms with Crippen LogP contribution >= 0.6 is 11.8 Å². The van der Waals surface area contributed by atoms with Gasteiger partial charge in [-0.05, 0) is 48.5 Å². The van der Waals surface area contributed by atoms with E-state index in [1.54, 1.807) is 6.08 Å². The molecule has 0 unspecified atom stereocenters. The molecule has 6 nitrogen and oxygen atoms in total. The summed E-state index contributed by atoms with van der Waals surface area (Å²) >= 11 is 0.681. The summed E-state index contributed by atoms with van der Waals surface area (Å²) in [4.78, 5) is 38.7. The predicted molar refractivity (Wildman–Crippen MR) is 140 cm³/mol. The molecule has 0 aliphatic carbocycles. The summed E-state index contributed by atoms with van der Waals surface area (Å²) in [6.07, 6.45) is 3.50. The summed E-state index contributed by atoms with van der Waals surface area (Å²) in [7, 11) is 0. The van der Waals surface area contributed by atoms with Gasteiger partial charge in [0.15, 0.2) is 17.5 Å². The van der Waals surface area contributed by atoms with Gasteiger partial charge in [-0.25, -0.2) is 13.2 Å². The Labute approximate surface area is 219 Å². The van der Waals surface area contributed by atoms with Gasteiger partial charge in [0, 0.05) is 29.2 Å². The smallest absolute Gasteiger partial charge is 0.294 e. The number of para-hydroxylation sites is 1. The third-order valence-corrected chi connectivity index (χ3v) is 6.97. The van der Waals surface area contributed by atoms with Gasteiger partial charge in [0.2, 0.25) is 5.91 Å². The van der Waals surface area contributed by atoms with Crippen LogP contribution in [0.15, 0.2) is 71.8 Å². The molecule has 0 radical (unpaired) electrons. The van der Waals surface area contributed by atoms with Crippen LogP contribution in [-0.2, 0) is 16.1 Å². The first-order valence-electron chi connectivity index (χ1n) is 11.5. The Balaban J connectivity index is 1.36. The van der Waals surface area contributed by atoms with Crippen LogP contribution in [0.1, 0.15) is 16.7 Å². The van der Waals surface area contributed by atoms with Crippen molar-refractivity contribution in [3.8, 4) is 0 Å². The van der Waals surface area contributed by atoms with Crippen LogP contribution in [0.25, 0.3) is 17.0 Å². The Morgan fingerprint density at radius 2 is 1.71 bits per heavy atom. The molecule has 1 aromatic heterocycles. The van der Waals surface area contributed by atoms with E-state index in [4.69, 9.17) is 0 Å². The summed E-state index contributed by atoms with van der Waals surface area (Å²) in [6.45, 7) is 1.91. The Hall–Kier alpha value is -4.31. The summed E-state index contributed by atoms with van der Waals surface area (Å²) in [6, 6.07) is 17.4. The van der Waals surface area contributed by atoms with Gasteiger partial charge < -0.3 is 9.88 Å². The number of hydrogen-bond acceptors (Lipinski definition) is 4. The minimum absolute atomic E-state index is 0.125. The van der Waals surface area contributed by atoms with E-state index in [1.807, 2.05) is 61.7 Å². The number of nitrogens with zero attached hydrogens (tertiary/aromatic N) is 2. The second kappa shape index (κ2) is 10.2. The van der Waals surface area contributed by atoms with Crippen molar-refractivity contribution in [3.05, 3.63) is 106 Å². The molecule has 4 aromatic rings. The molecule has 1 N–H and O–H groups in total. The highest BCUT2D eigenvalue weighted by Crippen LogP contribution is 2.34. The highest BCUT2D eigenvalue weighted by Gasteiger charge is 2.36. The number of aryl methyl sites for hydroxylation is 1. The molecule has 2 heterocycles. The van der Waals surface area contributed by atoms with Gasteiger partial charge in [0.05, 0.1) is 10.6 Å². The maximum atomic E-state index is 13.9. The second-order valence-corrected chi connectivity index (χ2v) is 9.75. The van der Waals surface area contributed by atoms with Crippen LogP contribution in [0.5, 0.6) is 0 Å². The number of nitrogens with one attached hydrogen (secondary N) is 1. The van der Waals surface area contributed by atoms with Crippen molar-refractivity contribution < 1.29 is 27.6 Å². The molecule has 3 aromatic carbocycles. The topological polar surface area (TPSA) is 71.4 Å². The van der Waals surface area contributed by atoms with E-state index in [0.29, 0.717) is 24.4 Å². The number of imide groups is 1. The van der Waals surface area contributed by atoms with Gasteiger partial charge in [-0.3, -0.25) is 19.3 Å². The summed E-state index contributed by atoms with van der Waals surface area (Å²) < 4.78 is 42.5. The fraction of sp³-hybridized carbons (Fsp3) is 0.107. The SMILES string of the molecule is Cc1ccc(Cn2cc(/C=C3\SC(=O)N(CC(=O)Nc4ccc(F)c(F)c4F)C3=O)c3ccccc32)cc1. The Bertz CT molecular complexity index is 1630. The molecular weight excluding hydrogens is 515 g/mol. The Morgan fingerprint density at radius 3 is 2.47 bits per heavy atom. The van der Waals surface area contributed by atoms with Crippen molar-refractivity contribution in [3.63, 3.8) is 0 Å². The number of fused-ring (bicyclic) bond motifs is 1. The molecule has 3 amide bonds. The first-order chi connectivity index (χ1) is 18.2. The van der Waals surface area contributed by atoms with Crippen LogP contribution in [0, 0.1) is 24.4 Å². The maximum Gasteiger partial charge on any atom is 0.294 e. The number of thioether (sulfide) groups is 1. The summed E-state index contributed by atoms with van der Waals surface area (Å²) in [5.74, 6) is -6.34. The highest BCUT2D eigenvalue weighted by molar-refractivity contribution is 8.18. The van der Waals surface area contributed by atoms with Crippen molar-refractivity contribution in [2.45, 2.75) is 13.5 Å². The molecule has 1 aliphatic rings. The van der Waals surface area contributed by atoms with Gasteiger partial charge in [0.1, 0.15) is 6.54 Å². The van der Waals surface area contributed by atoms with Crippen LogP contribution < -0.4 is 5.32 Å². The zero-order valence-corrected chi connectivity index (χ0v) is 20.8. The average Bonchev–Trinajstić information content (AvgIpc) is 3.37. The first kappa shape index (κ1) is 25.3. The standard InChI is InChI=1S/C28H20F3N3O3S/c1-16-6-8-17(9-7-16)13-33-14-18(19-4-2-3-5-22(19)33)12-23-27(36)34(28(37)38-23)15-24(35)32-21-11-10-20(29)25(30)26(21)31/h2-12,14H,13,15H2,1H3,(H,32,35)/b23-12-. The summed E-state index contributed by atoms with van der Waals surface area (Å²) in [5, 5.41) is 2.28. The normalized spacial score (nSPS) is 14.6. The minimum Gasteiger partial charge on any atom is -0.342 e. The van der Waals surface area contributed by atoms with Crippen LogP contribution in [0.3, 0.4) is 0 Å². The van der Waals surface area contributed by atoms with Gasteiger partial charge in [-0.2, -0.15) is 0 Å². The maximum absolute atomic E-state index is 13.9. The molecule has 38 heavy (non-hydrogen) atoms. The van der Waals surface area contributed by atoms with Crippen LogP contribution in [0.2, 0.25) is 0 Å². The third-order valence-electron chi connectivity index (χ3n) is 6.06. The molecule has 0 atom stereocenters. The lowest BCUT2D eigenvalue weighted by Crippen LogP contribution is -2.36. The number of anilines is 1. The number of amides is 3. The number of benzene rings is 3. The predicted octanol–water partition coefficient (Wildman–Crippen LogP) is 6.09. The minimum atomic E-state index is -1.74. The molecule has 0 saturated carbocycles. The Kier molecular flexibility index (Phi) is 6.81. The van der Waals surface area contributed by atoms with Crippen molar-refractivity contribution in [1.29, 1.82) is 0 Å². The van der Waals surface area contributed by atoms with E-state index in [1.165, 1.54) is 0 Å². The summed E-state index contributed by atoms with van der Waals surface area (Å²) in [5.41, 5.74) is 3.34. The van der Waals surface area contributed by atoms with E-state index in [0.717, 1.165) is 38.6 Å². The van der Waals surface area contributed by atoms with Crippen LogP contribution in [-0.4, -0.2) is 33.1 Å². The molecule has 1 saturated heterocycles. The van der Waals surface area contributed by atoms with Crippen LogP contribution in [0.4, 0.5) is 23.7 Å². The van der Waals surface area contributed by atoms with Gasteiger partial charge in [0.25, 0.3) is 11.1 Å². The van der Waals surface area contributed by atoms with Crippen molar-refractivity contribution >= 4 is 51.5 Å². The fourth-order valence-corrected chi connectivity index (χ4v) is 4.97. The number of hydrogen-bond donors (Lipinski definition) is 1. The monoisotopic (exact) mass is 535 g/mol. The molecule has 0 bridgehead atoms. The molecule has 0 spiro atoms. The largest absolute Gasteiger partial charge is 0.342 e. The lowest BCUT2D eigenvalue weighted by Gasteiger charge is -2.13. The molecule has 10 heteroatoms. The Morgan fingerprint density at radius 1 is 0.974 bits per heavy atom.